The summed E-state index contributed by atoms with van der Waals surface area (Å²) in [5, 5.41) is 9.07. The Bertz CT molecular complexity index is 1650. The zero-order valence-electron chi connectivity index (χ0n) is 21.9. The zero-order chi connectivity index (χ0) is 29.0. The molecule has 1 N–H and O–H groups in total. The Balaban J connectivity index is 1.94. The number of carboxylic acids is 1. The Morgan fingerprint density at radius 1 is 1.18 bits per heavy atom. The van der Waals surface area contributed by atoms with E-state index >= 15 is 0 Å². The topological polar surface area (TPSA) is 116 Å². The van der Waals surface area contributed by atoms with E-state index in [9.17, 15) is 14.4 Å². The van der Waals surface area contributed by atoms with Gasteiger partial charge < -0.3 is 19.3 Å². The third-order valence-electron chi connectivity index (χ3n) is 5.98. The molecule has 1 atom stereocenters. The lowest BCUT2D eigenvalue weighted by atomic mass is 9.93. The van der Waals surface area contributed by atoms with Crippen molar-refractivity contribution in [3.8, 4) is 11.5 Å². The van der Waals surface area contributed by atoms with E-state index in [0.29, 0.717) is 38.3 Å². The van der Waals surface area contributed by atoms with Crippen molar-refractivity contribution in [2.45, 2.75) is 32.7 Å². The van der Waals surface area contributed by atoms with Crippen LogP contribution in [0.25, 0.3) is 6.08 Å². The summed E-state index contributed by atoms with van der Waals surface area (Å²) in [5.74, 6) is -1.18. The minimum atomic E-state index is -1.17. The average molecular weight is 605 g/mol. The normalized spacial score (nSPS) is 14.9. The molecular weight excluding hydrogens is 579 g/mol. The van der Waals surface area contributed by atoms with Gasteiger partial charge in [0.2, 0.25) is 0 Å². The Kier molecular flexibility index (Phi) is 9.34. The summed E-state index contributed by atoms with van der Waals surface area (Å²) in [4.78, 5) is 43.3. The molecule has 210 valence electrons. The summed E-state index contributed by atoms with van der Waals surface area (Å²) in [6.45, 7) is 3.26. The lowest BCUT2D eigenvalue weighted by molar-refractivity contribution is -0.140. The lowest BCUT2D eigenvalue weighted by Gasteiger charge is -2.26. The third kappa shape index (κ3) is 5.94. The molecule has 0 fully saturated rings. The van der Waals surface area contributed by atoms with Crippen molar-refractivity contribution in [1.82, 2.24) is 4.57 Å². The van der Waals surface area contributed by atoms with Crippen LogP contribution in [0.3, 0.4) is 0 Å². The van der Waals surface area contributed by atoms with E-state index in [-0.39, 0.29) is 33.5 Å². The molecule has 0 saturated carbocycles. The second kappa shape index (κ2) is 12.7. The standard InChI is InChI=1S/C28H26Cl2N2O7S/c1-4-8-19-23(27(36)38-5-2)24(16-9-6-7-10-20(16)37-3)32-26(35)21(40-28(32)31-19)13-15-11-17(29)25(18(30)12-15)39-14-22(33)34/h6-7,9-13,24H,4-5,8,14H2,1-3H3,(H,33,34)/b21-13-/t24-/m0/s1. The van der Waals surface area contributed by atoms with E-state index in [0.717, 1.165) is 17.8 Å². The van der Waals surface area contributed by atoms with E-state index in [4.69, 9.17) is 47.5 Å². The van der Waals surface area contributed by atoms with Crippen LogP contribution in [0.2, 0.25) is 10.0 Å². The SMILES string of the molecule is CCCC1=C(C(=O)OCC)[C@H](c2ccccc2OC)n2c(s/c(=C\c3cc(Cl)c(OCC(=O)O)c(Cl)c3)c2=O)=N1. The van der Waals surface area contributed by atoms with Crippen molar-refractivity contribution in [2.24, 2.45) is 4.99 Å². The number of esters is 1. The lowest BCUT2D eigenvalue weighted by Crippen LogP contribution is -2.40. The summed E-state index contributed by atoms with van der Waals surface area (Å²) < 4.78 is 18.0. The Morgan fingerprint density at radius 3 is 2.50 bits per heavy atom. The van der Waals surface area contributed by atoms with Gasteiger partial charge in [-0.3, -0.25) is 9.36 Å². The van der Waals surface area contributed by atoms with E-state index in [1.807, 2.05) is 25.1 Å². The molecule has 1 aromatic heterocycles. The molecule has 4 rings (SSSR count). The molecule has 2 aromatic carbocycles. The number of thiazole rings is 1. The van der Waals surface area contributed by atoms with Gasteiger partial charge in [-0.15, -0.1) is 0 Å². The van der Waals surface area contributed by atoms with Gasteiger partial charge in [0, 0.05) is 5.56 Å². The van der Waals surface area contributed by atoms with Crippen LogP contribution in [0, 0.1) is 0 Å². The second-order valence-electron chi connectivity index (χ2n) is 8.65. The van der Waals surface area contributed by atoms with Crippen LogP contribution in [-0.4, -0.2) is 41.9 Å². The number of aromatic nitrogens is 1. The molecule has 0 spiro atoms. The van der Waals surface area contributed by atoms with Crippen molar-refractivity contribution in [3.05, 3.63) is 88.5 Å². The highest BCUT2D eigenvalue weighted by Crippen LogP contribution is 2.37. The van der Waals surface area contributed by atoms with Crippen LogP contribution in [-0.2, 0) is 14.3 Å². The number of aliphatic carboxylic acids is 1. The number of benzene rings is 2. The Labute approximate surface area is 243 Å². The molecular formula is C28H26Cl2N2O7S. The Morgan fingerprint density at radius 2 is 1.88 bits per heavy atom. The van der Waals surface area contributed by atoms with Crippen LogP contribution < -0.4 is 24.4 Å². The number of carboxylic acid groups (broad SMARTS) is 1. The Hall–Kier alpha value is -3.60. The molecule has 0 bridgehead atoms. The quantitative estimate of drug-likeness (QED) is 0.342. The number of para-hydroxylation sites is 1. The van der Waals surface area contributed by atoms with E-state index in [1.54, 1.807) is 19.1 Å². The summed E-state index contributed by atoms with van der Waals surface area (Å²) in [7, 11) is 1.53. The van der Waals surface area contributed by atoms with Crippen molar-refractivity contribution in [1.29, 1.82) is 0 Å². The molecule has 0 aliphatic carbocycles. The maximum absolute atomic E-state index is 13.9. The average Bonchev–Trinajstić information content (AvgIpc) is 3.21. The fourth-order valence-corrected chi connectivity index (χ4v) is 6.03. The molecule has 3 aromatic rings. The van der Waals surface area contributed by atoms with Gasteiger partial charge in [0.15, 0.2) is 17.2 Å². The van der Waals surface area contributed by atoms with Crippen molar-refractivity contribution in [3.63, 3.8) is 0 Å². The fourth-order valence-electron chi connectivity index (χ4n) is 4.39. The number of hydrogen-bond donors (Lipinski definition) is 1. The first-order valence-corrected chi connectivity index (χ1v) is 14.0. The summed E-state index contributed by atoms with van der Waals surface area (Å²) in [6, 6.07) is 9.42. The number of nitrogens with zero attached hydrogens (tertiary/aromatic N) is 2. The number of hydrogen-bond acceptors (Lipinski definition) is 8. The monoisotopic (exact) mass is 604 g/mol. The highest BCUT2D eigenvalue weighted by molar-refractivity contribution is 7.07. The molecule has 9 nitrogen and oxygen atoms in total. The van der Waals surface area contributed by atoms with Gasteiger partial charge in [-0.25, -0.2) is 14.6 Å². The number of ether oxygens (including phenoxy) is 3. The van der Waals surface area contributed by atoms with Gasteiger partial charge in [0.05, 0.1) is 39.6 Å². The van der Waals surface area contributed by atoms with Crippen LogP contribution in [0.1, 0.15) is 43.9 Å². The first-order chi connectivity index (χ1) is 19.2. The molecule has 40 heavy (non-hydrogen) atoms. The van der Waals surface area contributed by atoms with E-state index in [2.05, 4.69) is 0 Å². The minimum absolute atomic E-state index is 0.0313. The highest BCUT2D eigenvalue weighted by Gasteiger charge is 2.35. The second-order valence-corrected chi connectivity index (χ2v) is 10.5. The van der Waals surface area contributed by atoms with E-state index in [1.165, 1.54) is 23.8 Å². The van der Waals surface area contributed by atoms with Crippen LogP contribution in [0.15, 0.2) is 57.5 Å². The molecule has 1 aliphatic heterocycles. The maximum atomic E-state index is 13.9. The molecule has 0 saturated heterocycles. The molecule has 0 unspecified atom stereocenters. The summed E-state index contributed by atoms with van der Waals surface area (Å²) in [5.41, 5.74) is 1.58. The van der Waals surface area contributed by atoms with Gasteiger partial charge in [-0.05, 0) is 43.2 Å². The number of halogens is 2. The summed E-state index contributed by atoms with van der Waals surface area (Å²) >= 11 is 13.8. The molecule has 1 aliphatic rings. The predicted octanol–water partition coefficient (Wildman–Crippen LogP) is 4.36. The molecule has 0 amide bonds. The minimum Gasteiger partial charge on any atom is -0.496 e. The van der Waals surface area contributed by atoms with Gasteiger partial charge in [0.1, 0.15) is 11.8 Å². The summed E-state index contributed by atoms with van der Waals surface area (Å²) in [6.07, 6.45) is 2.84. The number of methoxy groups -OCH3 is 1. The molecule has 12 heteroatoms. The number of fused-ring (bicyclic) bond motifs is 1. The smallest absolute Gasteiger partial charge is 0.341 e. The number of allylic oxidation sites excluding steroid dienone is 1. The van der Waals surface area contributed by atoms with Gasteiger partial charge in [0.25, 0.3) is 5.56 Å². The van der Waals surface area contributed by atoms with Crippen molar-refractivity contribution >= 4 is 52.6 Å². The van der Waals surface area contributed by atoms with Crippen LogP contribution in [0.5, 0.6) is 11.5 Å². The maximum Gasteiger partial charge on any atom is 0.341 e. The molecule has 0 radical (unpaired) electrons. The van der Waals surface area contributed by atoms with Crippen LogP contribution >= 0.6 is 34.5 Å². The fraction of sp³-hybridized carbons (Fsp3) is 0.286. The number of carbonyl (C=O) groups is 2. The van der Waals surface area contributed by atoms with Gasteiger partial charge in [-0.2, -0.15) is 0 Å². The number of rotatable bonds is 10. The zero-order valence-corrected chi connectivity index (χ0v) is 24.2. The van der Waals surface area contributed by atoms with Crippen molar-refractivity contribution < 1.29 is 28.9 Å². The largest absolute Gasteiger partial charge is 0.496 e. The van der Waals surface area contributed by atoms with Gasteiger partial charge in [-0.1, -0.05) is 66.1 Å². The van der Waals surface area contributed by atoms with Crippen molar-refractivity contribution in [2.75, 3.05) is 20.3 Å². The highest BCUT2D eigenvalue weighted by atomic mass is 35.5. The van der Waals surface area contributed by atoms with E-state index < -0.39 is 24.6 Å². The number of carbonyl (C=O) groups excluding carboxylic acids is 1. The predicted molar refractivity (Wildman–Crippen MR) is 152 cm³/mol. The first kappa shape index (κ1) is 29.4. The van der Waals surface area contributed by atoms with Crippen LogP contribution in [0.4, 0.5) is 0 Å². The molecule has 2 heterocycles. The first-order valence-electron chi connectivity index (χ1n) is 12.4. The van der Waals surface area contributed by atoms with Gasteiger partial charge >= 0.3 is 11.9 Å². The third-order valence-corrected chi connectivity index (χ3v) is 7.53.